The standard InChI is InChI=1S/C15H13NO4/c1-9-2-4-10(5-3-9)14(18)16-12-8-11(15(19)20)6-7-13(12)17/h2-8,17H,1H3,(H,16,18)(H,19,20). The molecule has 0 heterocycles. The number of carbonyl (C=O) groups is 2. The third-order valence-electron chi connectivity index (χ3n) is 2.81. The zero-order valence-electron chi connectivity index (χ0n) is 10.8. The number of nitrogens with one attached hydrogen (secondary N) is 1. The number of phenolic OH excluding ortho intramolecular Hbond substituents is 1. The second-order valence-electron chi connectivity index (χ2n) is 4.36. The van der Waals surface area contributed by atoms with Crippen molar-refractivity contribution in [3.8, 4) is 5.75 Å². The first-order chi connectivity index (χ1) is 9.47. The minimum atomic E-state index is -1.13. The molecule has 0 unspecified atom stereocenters. The zero-order valence-corrected chi connectivity index (χ0v) is 10.8. The molecule has 2 aromatic rings. The molecule has 1 amide bonds. The van der Waals surface area contributed by atoms with Crippen molar-refractivity contribution in [3.05, 3.63) is 59.2 Å². The summed E-state index contributed by atoms with van der Waals surface area (Å²) in [5.74, 6) is -1.73. The highest BCUT2D eigenvalue weighted by Gasteiger charge is 2.11. The average molecular weight is 271 g/mol. The predicted molar refractivity (Wildman–Crippen MR) is 74.2 cm³/mol. The van der Waals surface area contributed by atoms with Gasteiger partial charge < -0.3 is 15.5 Å². The molecule has 0 atom stereocenters. The van der Waals surface area contributed by atoms with E-state index in [1.807, 2.05) is 6.92 Å². The summed E-state index contributed by atoms with van der Waals surface area (Å²) in [6, 6.07) is 10.6. The van der Waals surface area contributed by atoms with Crippen LogP contribution in [0.15, 0.2) is 42.5 Å². The molecule has 0 saturated heterocycles. The number of rotatable bonds is 3. The van der Waals surface area contributed by atoms with Crippen LogP contribution >= 0.6 is 0 Å². The van der Waals surface area contributed by atoms with Crippen molar-refractivity contribution in [2.75, 3.05) is 5.32 Å². The number of benzene rings is 2. The van der Waals surface area contributed by atoms with Crippen LogP contribution in [0.2, 0.25) is 0 Å². The quantitative estimate of drug-likeness (QED) is 0.749. The Morgan fingerprint density at radius 1 is 1.00 bits per heavy atom. The molecule has 0 aliphatic carbocycles. The first kappa shape index (κ1) is 13.6. The van der Waals surface area contributed by atoms with E-state index in [-0.39, 0.29) is 17.0 Å². The number of aromatic hydroxyl groups is 1. The zero-order chi connectivity index (χ0) is 14.7. The van der Waals surface area contributed by atoms with Crippen LogP contribution in [-0.4, -0.2) is 22.1 Å². The molecule has 5 nitrogen and oxygen atoms in total. The maximum absolute atomic E-state index is 12.0. The van der Waals surface area contributed by atoms with Crippen LogP contribution in [0.5, 0.6) is 5.75 Å². The third kappa shape index (κ3) is 2.95. The summed E-state index contributed by atoms with van der Waals surface area (Å²) < 4.78 is 0. The van der Waals surface area contributed by atoms with E-state index in [0.717, 1.165) is 5.56 Å². The van der Waals surface area contributed by atoms with E-state index in [0.29, 0.717) is 5.56 Å². The number of carboxylic acids is 1. The number of carboxylic acid groups (broad SMARTS) is 1. The first-order valence-electron chi connectivity index (χ1n) is 5.91. The van der Waals surface area contributed by atoms with Crippen LogP contribution in [0, 0.1) is 6.92 Å². The van der Waals surface area contributed by atoms with E-state index < -0.39 is 11.9 Å². The van der Waals surface area contributed by atoms with Crippen molar-refractivity contribution in [1.82, 2.24) is 0 Å². The largest absolute Gasteiger partial charge is 0.506 e. The Morgan fingerprint density at radius 2 is 1.60 bits per heavy atom. The molecule has 0 bridgehead atoms. The SMILES string of the molecule is Cc1ccc(C(=O)Nc2cc(C(=O)O)ccc2O)cc1. The summed E-state index contributed by atoms with van der Waals surface area (Å²) in [6.45, 7) is 1.91. The van der Waals surface area contributed by atoms with Gasteiger partial charge in [-0.2, -0.15) is 0 Å². The summed E-state index contributed by atoms with van der Waals surface area (Å²) in [5, 5.41) is 21.0. The molecule has 0 aliphatic rings. The smallest absolute Gasteiger partial charge is 0.335 e. The summed E-state index contributed by atoms with van der Waals surface area (Å²) in [5.41, 5.74) is 1.51. The Hall–Kier alpha value is -2.82. The van der Waals surface area contributed by atoms with E-state index >= 15 is 0 Å². The molecule has 0 aromatic heterocycles. The fourth-order valence-corrected chi connectivity index (χ4v) is 1.67. The van der Waals surface area contributed by atoms with Gasteiger partial charge in [-0.1, -0.05) is 17.7 Å². The molecule has 0 saturated carbocycles. The second-order valence-corrected chi connectivity index (χ2v) is 4.36. The van der Waals surface area contributed by atoms with Gasteiger partial charge in [0.25, 0.3) is 5.91 Å². The van der Waals surface area contributed by atoms with Gasteiger partial charge in [-0.05, 0) is 37.3 Å². The van der Waals surface area contributed by atoms with Crippen LogP contribution < -0.4 is 5.32 Å². The minimum Gasteiger partial charge on any atom is -0.506 e. The molecule has 0 radical (unpaired) electrons. The highest BCUT2D eigenvalue weighted by molar-refractivity contribution is 6.05. The van der Waals surface area contributed by atoms with E-state index in [2.05, 4.69) is 5.32 Å². The van der Waals surface area contributed by atoms with Crippen LogP contribution in [0.1, 0.15) is 26.3 Å². The fraction of sp³-hybridized carbons (Fsp3) is 0.0667. The maximum atomic E-state index is 12.0. The predicted octanol–water partition coefficient (Wildman–Crippen LogP) is 2.65. The van der Waals surface area contributed by atoms with Gasteiger partial charge in [0.15, 0.2) is 0 Å². The van der Waals surface area contributed by atoms with Crippen LogP contribution in [0.4, 0.5) is 5.69 Å². The summed E-state index contributed by atoms with van der Waals surface area (Å²) >= 11 is 0. The van der Waals surface area contributed by atoms with Gasteiger partial charge in [0, 0.05) is 5.56 Å². The van der Waals surface area contributed by atoms with Crippen LogP contribution in [0.3, 0.4) is 0 Å². The molecule has 2 rings (SSSR count). The van der Waals surface area contributed by atoms with Gasteiger partial charge in [-0.15, -0.1) is 0 Å². The highest BCUT2D eigenvalue weighted by atomic mass is 16.4. The number of amides is 1. The summed E-state index contributed by atoms with van der Waals surface area (Å²) in [4.78, 5) is 22.9. The van der Waals surface area contributed by atoms with Crippen molar-refractivity contribution < 1.29 is 19.8 Å². The highest BCUT2D eigenvalue weighted by Crippen LogP contribution is 2.24. The van der Waals surface area contributed by atoms with Gasteiger partial charge in [-0.25, -0.2) is 4.79 Å². The van der Waals surface area contributed by atoms with Crippen LogP contribution in [-0.2, 0) is 0 Å². The lowest BCUT2D eigenvalue weighted by molar-refractivity contribution is 0.0696. The van der Waals surface area contributed by atoms with Gasteiger partial charge in [0.1, 0.15) is 5.75 Å². The molecule has 0 spiro atoms. The Morgan fingerprint density at radius 3 is 2.20 bits per heavy atom. The molecular weight excluding hydrogens is 258 g/mol. The molecule has 0 fully saturated rings. The van der Waals surface area contributed by atoms with Gasteiger partial charge in [-0.3, -0.25) is 4.79 Å². The lowest BCUT2D eigenvalue weighted by atomic mass is 10.1. The maximum Gasteiger partial charge on any atom is 0.335 e. The van der Waals surface area contributed by atoms with E-state index in [1.165, 1.54) is 18.2 Å². The Kier molecular flexibility index (Phi) is 3.70. The summed E-state index contributed by atoms with van der Waals surface area (Å²) in [7, 11) is 0. The average Bonchev–Trinajstić information content (AvgIpc) is 2.41. The number of carbonyl (C=O) groups excluding carboxylic acids is 1. The molecule has 3 N–H and O–H groups in total. The first-order valence-corrected chi connectivity index (χ1v) is 5.91. The van der Waals surface area contributed by atoms with Crippen LogP contribution in [0.25, 0.3) is 0 Å². The van der Waals surface area contributed by atoms with E-state index in [9.17, 15) is 14.7 Å². The topological polar surface area (TPSA) is 86.6 Å². The number of hydrogen-bond donors (Lipinski definition) is 3. The molecule has 5 heteroatoms. The van der Waals surface area contributed by atoms with E-state index in [4.69, 9.17) is 5.11 Å². The van der Waals surface area contributed by atoms with Crippen molar-refractivity contribution in [2.45, 2.75) is 6.92 Å². The molecule has 0 aliphatic heterocycles. The monoisotopic (exact) mass is 271 g/mol. The van der Waals surface area contributed by atoms with Gasteiger partial charge in [0.2, 0.25) is 0 Å². The third-order valence-corrected chi connectivity index (χ3v) is 2.81. The minimum absolute atomic E-state index is 0.0120. The number of anilines is 1. The number of hydrogen-bond acceptors (Lipinski definition) is 3. The Balaban J connectivity index is 2.25. The van der Waals surface area contributed by atoms with Gasteiger partial charge >= 0.3 is 5.97 Å². The Bertz CT molecular complexity index is 662. The fourth-order valence-electron chi connectivity index (χ4n) is 1.67. The number of aryl methyl sites for hydroxylation is 1. The van der Waals surface area contributed by atoms with Crippen molar-refractivity contribution in [3.63, 3.8) is 0 Å². The Labute approximate surface area is 115 Å². The lowest BCUT2D eigenvalue weighted by Gasteiger charge is -2.08. The summed E-state index contributed by atoms with van der Waals surface area (Å²) in [6.07, 6.45) is 0. The number of phenols is 1. The molecule has 20 heavy (non-hydrogen) atoms. The van der Waals surface area contributed by atoms with Crippen molar-refractivity contribution >= 4 is 17.6 Å². The molecular formula is C15H13NO4. The number of aromatic carboxylic acids is 1. The van der Waals surface area contributed by atoms with Crippen molar-refractivity contribution in [2.24, 2.45) is 0 Å². The van der Waals surface area contributed by atoms with E-state index in [1.54, 1.807) is 24.3 Å². The lowest BCUT2D eigenvalue weighted by Crippen LogP contribution is -2.12. The van der Waals surface area contributed by atoms with Gasteiger partial charge in [0.05, 0.1) is 11.3 Å². The van der Waals surface area contributed by atoms with Crippen molar-refractivity contribution in [1.29, 1.82) is 0 Å². The molecule has 2 aromatic carbocycles. The molecule has 102 valence electrons. The normalized spacial score (nSPS) is 10.1. The second kappa shape index (κ2) is 5.44.